The van der Waals surface area contributed by atoms with Crippen LogP contribution >= 0.6 is 34.7 Å². The molecule has 0 aliphatic carbocycles. The number of thiophene rings is 1. The standard InChI is InChI=1S/C7H8ClS2/c1-5(9-2)6-3-4-7(8)10-6/h3-5H,1H2,2H3. The SMILES string of the molecule is [CH2]C(SC)c1ccc(Cl)s1. The number of hydrogen-bond acceptors (Lipinski definition) is 2. The predicted molar refractivity (Wildman–Crippen MR) is 50.9 cm³/mol. The minimum Gasteiger partial charge on any atom is -0.156 e. The smallest absolute Gasteiger partial charge is 0.0931 e. The summed E-state index contributed by atoms with van der Waals surface area (Å²) in [4.78, 5) is 1.25. The van der Waals surface area contributed by atoms with Crippen LogP contribution < -0.4 is 0 Å². The van der Waals surface area contributed by atoms with E-state index in [2.05, 4.69) is 6.92 Å². The lowest BCUT2D eigenvalue weighted by molar-refractivity contribution is 1.30. The maximum atomic E-state index is 5.74. The van der Waals surface area contributed by atoms with Crippen molar-refractivity contribution < 1.29 is 0 Å². The number of rotatable bonds is 2. The Morgan fingerprint density at radius 3 is 2.80 bits per heavy atom. The van der Waals surface area contributed by atoms with Crippen LogP contribution in [0.15, 0.2) is 12.1 Å². The summed E-state index contributed by atoms with van der Waals surface area (Å²) < 4.78 is 0.845. The molecule has 0 N–H and O–H groups in total. The summed E-state index contributed by atoms with van der Waals surface area (Å²) in [7, 11) is 0. The minimum atomic E-state index is 0.331. The van der Waals surface area contributed by atoms with Crippen LogP contribution in [0.4, 0.5) is 0 Å². The van der Waals surface area contributed by atoms with Gasteiger partial charge in [0.25, 0.3) is 0 Å². The van der Waals surface area contributed by atoms with Crippen molar-refractivity contribution >= 4 is 34.7 Å². The van der Waals surface area contributed by atoms with Gasteiger partial charge in [-0.2, -0.15) is 11.8 Å². The van der Waals surface area contributed by atoms with Gasteiger partial charge in [-0.3, -0.25) is 0 Å². The first-order valence-electron chi connectivity index (χ1n) is 2.85. The topological polar surface area (TPSA) is 0 Å². The molecular formula is C7H8ClS2. The van der Waals surface area contributed by atoms with Crippen molar-refractivity contribution in [2.75, 3.05) is 6.26 Å². The van der Waals surface area contributed by atoms with Crippen LogP contribution in [0.2, 0.25) is 4.34 Å². The van der Waals surface area contributed by atoms with Crippen molar-refractivity contribution in [1.29, 1.82) is 0 Å². The molecule has 0 bridgehead atoms. The third-order valence-corrected chi connectivity index (χ3v) is 3.51. The molecule has 0 saturated heterocycles. The Labute approximate surface area is 74.6 Å². The van der Waals surface area contributed by atoms with E-state index >= 15 is 0 Å². The largest absolute Gasteiger partial charge is 0.156 e. The minimum absolute atomic E-state index is 0.331. The molecule has 0 nitrogen and oxygen atoms in total. The van der Waals surface area contributed by atoms with Gasteiger partial charge >= 0.3 is 0 Å². The maximum absolute atomic E-state index is 5.74. The zero-order valence-electron chi connectivity index (χ0n) is 5.63. The Morgan fingerprint density at radius 2 is 2.40 bits per heavy atom. The fourth-order valence-electron chi connectivity index (χ4n) is 0.617. The second kappa shape index (κ2) is 3.65. The highest BCUT2D eigenvalue weighted by Gasteiger charge is 2.05. The van der Waals surface area contributed by atoms with Crippen LogP contribution in [-0.4, -0.2) is 6.26 Å². The van der Waals surface area contributed by atoms with Crippen molar-refractivity contribution in [3.05, 3.63) is 28.3 Å². The molecule has 1 rings (SSSR count). The van der Waals surface area contributed by atoms with Crippen LogP contribution in [0.25, 0.3) is 0 Å². The van der Waals surface area contributed by atoms with E-state index in [1.165, 1.54) is 4.88 Å². The van der Waals surface area contributed by atoms with E-state index < -0.39 is 0 Å². The summed E-state index contributed by atoms with van der Waals surface area (Å²) >= 11 is 9.08. The number of thioether (sulfide) groups is 1. The van der Waals surface area contributed by atoms with Crippen LogP contribution in [0.3, 0.4) is 0 Å². The van der Waals surface area contributed by atoms with Crippen LogP contribution in [0.1, 0.15) is 10.1 Å². The van der Waals surface area contributed by atoms with Gasteiger partial charge in [-0.25, -0.2) is 0 Å². The molecule has 1 unspecified atom stereocenters. The van der Waals surface area contributed by atoms with Gasteiger partial charge in [-0.05, 0) is 25.3 Å². The molecule has 0 aliphatic heterocycles. The first kappa shape index (κ1) is 8.44. The summed E-state index contributed by atoms with van der Waals surface area (Å²) in [5.41, 5.74) is 0. The van der Waals surface area contributed by atoms with Crippen LogP contribution in [0, 0.1) is 6.92 Å². The fourth-order valence-corrected chi connectivity index (χ4v) is 2.32. The quantitative estimate of drug-likeness (QED) is 0.688. The van der Waals surface area contributed by atoms with Gasteiger partial charge in [0.1, 0.15) is 0 Å². The van der Waals surface area contributed by atoms with Gasteiger partial charge < -0.3 is 0 Å². The lowest BCUT2D eigenvalue weighted by atomic mass is 10.4. The van der Waals surface area contributed by atoms with E-state index in [0.717, 1.165) is 4.34 Å². The second-order valence-electron chi connectivity index (χ2n) is 1.87. The first-order chi connectivity index (χ1) is 4.74. The number of halogens is 1. The van der Waals surface area contributed by atoms with Crippen molar-refractivity contribution in [2.45, 2.75) is 5.25 Å². The maximum Gasteiger partial charge on any atom is 0.0931 e. The fraction of sp³-hybridized carbons (Fsp3) is 0.286. The Balaban J connectivity index is 2.74. The van der Waals surface area contributed by atoms with E-state index in [1.54, 1.807) is 23.1 Å². The van der Waals surface area contributed by atoms with Crippen molar-refractivity contribution in [1.82, 2.24) is 0 Å². The van der Waals surface area contributed by atoms with E-state index in [1.807, 2.05) is 18.4 Å². The Bertz CT molecular complexity index is 207. The molecule has 0 aliphatic rings. The third-order valence-electron chi connectivity index (χ3n) is 1.20. The first-order valence-corrected chi connectivity index (χ1v) is 5.33. The van der Waals surface area contributed by atoms with Crippen LogP contribution in [0.5, 0.6) is 0 Å². The molecule has 1 heterocycles. The highest BCUT2D eigenvalue weighted by atomic mass is 35.5. The molecule has 0 fully saturated rings. The average Bonchev–Trinajstić information content (AvgIpc) is 2.34. The molecule has 1 aromatic rings. The summed E-state index contributed by atoms with van der Waals surface area (Å²) in [5.74, 6) is 0. The molecule has 0 amide bonds. The van der Waals surface area contributed by atoms with Gasteiger partial charge in [0.2, 0.25) is 0 Å². The molecule has 0 spiro atoms. The molecule has 1 atom stereocenters. The molecule has 0 aromatic carbocycles. The van der Waals surface area contributed by atoms with Crippen molar-refractivity contribution in [2.24, 2.45) is 0 Å². The third kappa shape index (κ3) is 1.91. The normalized spacial score (nSPS) is 13.5. The monoisotopic (exact) mass is 191 g/mol. The molecule has 1 radical (unpaired) electrons. The lowest BCUT2D eigenvalue weighted by Gasteiger charge is -2.01. The van der Waals surface area contributed by atoms with Gasteiger partial charge in [0, 0.05) is 10.1 Å². The van der Waals surface area contributed by atoms with Crippen molar-refractivity contribution in [3.63, 3.8) is 0 Å². The van der Waals surface area contributed by atoms with Crippen molar-refractivity contribution in [3.8, 4) is 0 Å². The lowest BCUT2D eigenvalue weighted by Crippen LogP contribution is -1.79. The zero-order chi connectivity index (χ0) is 7.56. The van der Waals surface area contributed by atoms with Crippen LogP contribution in [-0.2, 0) is 0 Å². The molecule has 55 valence electrons. The summed E-state index contributed by atoms with van der Waals surface area (Å²) in [6.45, 7) is 3.95. The Morgan fingerprint density at radius 1 is 1.70 bits per heavy atom. The highest BCUT2D eigenvalue weighted by Crippen LogP contribution is 2.32. The molecule has 1 aromatic heterocycles. The summed E-state index contributed by atoms with van der Waals surface area (Å²) in [6.07, 6.45) is 2.05. The van der Waals surface area contributed by atoms with E-state index in [4.69, 9.17) is 11.6 Å². The number of hydrogen-bond donors (Lipinski definition) is 0. The predicted octanol–water partition coefficient (Wildman–Crippen LogP) is 3.64. The molecule has 10 heavy (non-hydrogen) atoms. The van der Waals surface area contributed by atoms with E-state index in [9.17, 15) is 0 Å². The van der Waals surface area contributed by atoms with Gasteiger partial charge in [0.05, 0.1) is 4.34 Å². The van der Waals surface area contributed by atoms with Gasteiger partial charge in [-0.15, -0.1) is 11.3 Å². The zero-order valence-corrected chi connectivity index (χ0v) is 8.02. The molecular weight excluding hydrogens is 184 g/mol. The average molecular weight is 192 g/mol. The Kier molecular flexibility index (Phi) is 3.08. The van der Waals surface area contributed by atoms with Gasteiger partial charge in [0.15, 0.2) is 0 Å². The van der Waals surface area contributed by atoms with Gasteiger partial charge in [-0.1, -0.05) is 11.6 Å². The summed E-state index contributed by atoms with van der Waals surface area (Å²) in [5, 5.41) is 0.331. The molecule has 0 saturated carbocycles. The Hall–Kier alpha value is 0.340. The highest BCUT2D eigenvalue weighted by molar-refractivity contribution is 7.99. The molecule has 3 heteroatoms. The summed E-state index contributed by atoms with van der Waals surface area (Å²) in [6, 6.07) is 3.94. The second-order valence-corrected chi connectivity index (χ2v) is 4.65. The van der Waals surface area contributed by atoms with E-state index in [0.29, 0.717) is 5.25 Å². The van der Waals surface area contributed by atoms with E-state index in [-0.39, 0.29) is 0 Å².